The number of aryl methyl sites for hydroxylation is 1. The quantitative estimate of drug-likeness (QED) is 0.428. The van der Waals surface area contributed by atoms with Crippen LogP contribution in [0, 0.1) is 12.8 Å². The fraction of sp³-hybridized carbons (Fsp3) is 0.556. The maximum Gasteiger partial charge on any atom is 0.221 e. The molecular formula is C27H37N9O2. The van der Waals surface area contributed by atoms with E-state index in [2.05, 4.69) is 41.5 Å². The van der Waals surface area contributed by atoms with Gasteiger partial charge in [0.1, 0.15) is 0 Å². The van der Waals surface area contributed by atoms with Gasteiger partial charge >= 0.3 is 0 Å². The van der Waals surface area contributed by atoms with Crippen LogP contribution >= 0.6 is 0 Å². The molecule has 0 radical (unpaired) electrons. The van der Waals surface area contributed by atoms with Crippen LogP contribution < -0.4 is 15.1 Å². The number of anilines is 2. The molecule has 38 heavy (non-hydrogen) atoms. The van der Waals surface area contributed by atoms with Gasteiger partial charge in [0.25, 0.3) is 0 Å². The van der Waals surface area contributed by atoms with Crippen LogP contribution in [0.15, 0.2) is 30.6 Å². The molecule has 0 spiro atoms. The molecule has 0 atom stereocenters. The smallest absolute Gasteiger partial charge is 0.221 e. The number of nitrogens with one attached hydrogen (secondary N) is 1. The molecule has 0 saturated carbocycles. The van der Waals surface area contributed by atoms with Crippen LogP contribution in [0.1, 0.15) is 43.8 Å². The van der Waals surface area contributed by atoms with Crippen LogP contribution in [-0.4, -0.2) is 88.5 Å². The normalized spacial score (nSPS) is 17.6. The lowest BCUT2D eigenvalue weighted by molar-refractivity contribution is -0.120. The Balaban J connectivity index is 1.15. The van der Waals surface area contributed by atoms with Gasteiger partial charge in [-0.05, 0) is 56.7 Å². The SMILES string of the molecule is CNC(=O)CCN(C=O)c1ccnc2c1cnn2C1CCN(CC2CCN(c3ccc(C)nn3)CC2)CC1. The lowest BCUT2D eigenvalue weighted by Crippen LogP contribution is -2.42. The highest BCUT2D eigenvalue weighted by Gasteiger charge is 2.27. The maximum atomic E-state index is 11.8. The summed E-state index contributed by atoms with van der Waals surface area (Å²) < 4.78 is 2.03. The molecule has 5 rings (SSSR count). The molecule has 11 nitrogen and oxygen atoms in total. The van der Waals surface area contributed by atoms with Crippen molar-refractivity contribution >= 4 is 34.9 Å². The Morgan fingerprint density at radius 2 is 1.89 bits per heavy atom. The molecule has 202 valence electrons. The summed E-state index contributed by atoms with van der Waals surface area (Å²) in [6.45, 7) is 7.57. The lowest BCUT2D eigenvalue weighted by Gasteiger charge is -2.38. The summed E-state index contributed by atoms with van der Waals surface area (Å²) in [6, 6.07) is 6.20. The average Bonchev–Trinajstić information content (AvgIpc) is 3.39. The van der Waals surface area contributed by atoms with Gasteiger partial charge in [-0.15, -0.1) is 5.10 Å². The van der Waals surface area contributed by atoms with Crippen molar-refractivity contribution in [2.75, 3.05) is 56.1 Å². The maximum absolute atomic E-state index is 11.8. The molecule has 0 unspecified atom stereocenters. The number of fused-ring (bicyclic) bond motifs is 1. The number of aromatic nitrogens is 5. The molecule has 3 aromatic heterocycles. The third-order valence-electron chi connectivity index (χ3n) is 7.91. The lowest BCUT2D eigenvalue weighted by atomic mass is 9.94. The first-order valence-electron chi connectivity index (χ1n) is 13.6. The van der Waals surface area contributed by atoms with E-state index in [1.807, 2.05) is 23.7 Å². The number of nitrogens with zero attached hydrogens (tertiary/aromatic N) is 8. The van der Waals surface area contributed by atoms with Gasteiger partial charge in [-0.25, -0.2) is 9.67 Å². The van der Waals surface area contributed by atoms with Gasteiger partial charge in [0.05, 0.1) is 29.0 Å². The van der Waals surface area contributed by atoms with Gasteiger partial charge in [-0.2, -0.15) is 10.2 Å². The number of amides is 2. The second-order valence-corrected chi connectivity index (χ2v) is 10.4. The van der Waals surface area contributed by atoms with Crippen LogP contribution in [0.4, 0.5) is 11.5 Å². The van der Waals surface area contributed by atoms with Crippen molar-refractivity contribution in [3.05, 3.63) is 36.3 Å². The van der Waals surface area contributed by atoms with Crippen LogP contribution in [0.5, 0.6) is 0 Å². The second kappa shape index (κ2) is 11.8. The first-order valence-corrected chi connectivity index (χ1v) is 13.6. The number of carbonyl (C=O) groups excluding carboxylic acids is 2. The summed E-state index contributed by atoms with van der Waals surface area (Å²) in [5.74, 6) is 1.59. The predicted octanol–water partition coefficient (Wildman–Crippen LogP) is 2.18. The van der Waals surface area contributed by atoms with Gasteiger partial charge in [-0.1, -0.05) is 0 Å². The van der Waals surface area contributed by atoms with Crippen molar-refractivity contribution in [2.24, 2.45) is 5.92 Å². The second-order valence-electron chi connectivity index (χ2n) is 10.4. The molecule has 1 N–H and O–H groups in total. The highest BCUT2D eigenvalue weighted by Crippen LogP contribution is 2.31. The van der Waals surface area contributed by atoms with Crippen molar-refractivity contribution in [2.45, 2.75) is 45.1 Å². The largest absolute Gasteiger partial charge is 0.359 e. The van der Waals surface area contributed by atoms with E-state index in [9.17, 15) is 9.59 Å². The molecule has 11 heteroatoms. The van der Waals surface area contributed by atoms with E-state index in [1.54, 1.807) is 24.3 Å². The number of hydrogen-bond acceptors (Lipinski definition) is 8. The minimum Gasteiger partial charge on any atom is -0.359 e. The Kier molecular flexibility index (Phi) is 8.11. The zero-order chi connectivity index (χ0) is 26.5. The van der Waals surface area contributed by atoms with Crippen molar-refractivity contribution < 1.29 is 9.59 Å². The number of piperidine rings is 2. The molecule has 5 heterocycles. The van der Waals surface area contributed by atoms with E-state index in [1.165, 1.54) is 12.8 Å². The molecule has 0 aromatic carbocycles. The summed E-state index contributed by atoms with van der Waals surface area (Å²) in [5, 5.41) is 16.7. The van der Waals surface area contributed by atoms with Gasteiger partial charge in [0, 0.05) is 58.9 Å². The summed E-state index contributed by atoms with van der Waals surface area (Å²) in [7, 11) is 1.60. The summed E-state index contributed by atoms with van der Waals surface area (Å²) in [6.07, 6.45) is 8.93. The topological polar surface area (TPSA) is 112 Å². The van der Waals surface area contributed by atoms with Gasteiger partial charge in [-0.3, -0.25) is 9.59 Å². The van der Waals surface area contributed by atoms with Gasteiger partial charge in [0.2, 0.25) is 12.3 Å². The van der Waals surface area contributed by atoms with Crippen LogP contribution in [0.2, 0.25) is 0 Å². The van der Waals surface area contributed by atoms with E-state index in [0.717, 1.165) is 80.2 Å². The zero-order valence-electron chi connectivity index (χ0n) is 22.3. The highest BCUT2D eigenvalue weighted by atomic mass is 16.2. The minimum absolute atomic E-state index is 0.101. The molecule has 2 aliphatic rings. The number of likely N-dealkylation sites (tertiary alicyclic amines) is 1. The van der Waals surface area contributed by atoms with Gasteiger partial charge in [0.15, 0.2) is 11.5 Å². The first kappa shape index (κ1) is 26.0. The summed E-state index contributed by atoms with van der Waals surface area (Å²) >= 11 is 0. The monoisotopic (exact) mass is 519 g/mol. The Bertz CT molecular complexity index is 1230. The molecule has 2 fully saturated rings. The third kappa shape index (κ3) is 5.77. The van der Waals surface area contributed by atoms with E-state index in [0.29, 0.717) is 12.5 Å². The number of hydrogen-bond donors (Lipinski definition) is 1. The number of carbonyl (C=O) groups is 2. The van der Waals surface area contributed by atoms with E-state index in [-0.39, 0.29) is 18.4 Å². The standard InChI is InChI=1S/C27H37N9O2/c1-20-3-4-25(32-31-20)34-14-6-21(7-15-34)18-33-12-8-22(9-13-33)36-27-23(17-30-36)24(5-11-29-27)35(19-37)16-10-26(38)28-2/h3-5,11,17,19,21-22H,6-10,12-16,18H2,1-2H3,(H,28,38). The highest BCUT2D eigenvalue weighted by molar-refractivity contribution is 5.95. The van der Waals surface area contributed by atoms with Crippen LogP contribution in [0.25, 0.3) is 11.0 Å². The Labute approximate surface area is 223 Å². The Morgan fingerprint density at radius 1 is 1.11 bits per heavy atom. The number of rotatable bonds is 9. The summed E-state index contributed by atoms with van der Waals surface area (Å²) in [4.78, 5) is 34.6. The van der Waals surface area contributed by atoms with Crippen molar-refractivity contribution in [1.29, 1.82) is 0 Å². The molecule has 2 saturated heterocycles. The fourth-order valence-electron chi connectivity index (χ4n) is 5.64. The fourth-order valence-corrected chi connectivity index (χ4v) is 5.64. The molecule has 0 bridgehead atoms. The van der Waals surface area contributed by atoms with E-state index >= 15 is 0 Å². The van der Waals surface area contributed by atoms with E-state index < -0.39 is 0 Å². The van der Waals surface area contributed by atoms with Gasteiger partial charge < -0.3 is 20.0 Å². The van der Waals surface area contributed by atoms with E-state index in [4.69, 9.17) is 0 Å². The Morgan fingerprint density at radius 3 is 2.58 bits per heavy atom. The van der Waals surface area contributed by atoms with Crippen molar-refractivity contribution in [1.82, 2.24) is 35.2 Å². The third-order valence-corrected chi connectivity index (χ3v) is 7.91. The Hall–Kier alpha value is -3.60. The average molecular weight is 520 g/mol. The van der Waals surface area contributed by atoms with Crippen molar-refractivity contribution in [3.8, 4) is 0 Å². The zero-order valence-corrected chi connectivity index (χ0v) is 22.3. The molecule has 0 aliphatic carbocycles. The van der Waals surface area contributed by atoms with Crippen molar-refractivity contribution in [3.63, 3.8) is 0 Å². The minimum atomic E-state index is -0.101. The first-order chi connectivity index (χ1) is 18.6. The molecule has 2 amide bonds. The molecule has 2 aliphatic heterocycles. The molecule has 3 aromatic rings. The summed E-state index contributed by atoms with van der Waals surface area (Å²) in [5.41, 5.74) is 2.48. The number of pyridine rings is 1. The van der Waals surface area contributed by atoms with Crippen LogP contribution in [0.3, 0.4) is 0 Å². The molecular weight excluding hydrogens is 482 g/mol. The van der Waals surface area contributed by atoms with Crippen LogP contribution in [-0.2, 0) is 9.59 Å². The predicted molar refractivity (Wildman–Crippen MR) is 146 cm³/mol.